The van der Waals surface area contributed by atoms with Gasteiger partial charge in [-0.15, -0.1) is 0 Å². The molecule has 9 heteroatoms. The fraction of sp³-hybridized carbons (Fsp3) is 0.500. The summed E-state index contributed by atoms with van der Waals surface area (Å²) in [5.74, 6) is -0.103. The monoisotopic (exact) mass is 318 g/mol. The van der Waals surface area contributed by atoms with Crippen molar-refractivity contribution in [3.8, 4) is 0 Å². The number of hydrogen-bond donors (Lipinski definition) is 1. The maximum absolute atomic E-state index is 11.8. The molecule has 1 aromatic rings. The molecule has 0 saturated carbocycles. The van der Waals surface area contributed by atoms with E-state index in [-0.39, 0.29) is 13.1 Å². The van der Waals surface area contributed by atoms with Crippen LogP contribution in [0.15, 0.2) is 18.2 Å². The van der Waals surface area contributed by atoms with E-state index in [0.29, 0.717) is 5.59 Å². The predicted molar refractivity (Wildman–Crippen MR) is 84.4 cm³/mol. The first-order valence-corrected chi connectivity index (χ1v) is 7.62. The largest absolute Gasteiger partial charge is 0.656 e. The highest BCUT2D eigenvalue weighted by atomic mass is 16.6. The summed E-state index contributed by atoms with van der Waals surface area (Å²) in [6.45, 7) is 3.58. The van der Waals surface area contributed by atoms with Crippen LogP contribution in [0.4, 0.5) is 5.82 Å². The number of carbonyl (C=O) groups excluding carboxylic acids is 2. The lowest BCUT2D eigenvalue weighted by Gasteiger charge is -2.29. The van der Waals surface area contributed by atoms with Crippen LogP contribution in [0.3, 0.4) is 0 Å². The Morgan fingerprint density at radius 2 is 1.78 bits per heavy atom. The summed E-state index contributed by atoms with van der Waals surface area (Å²) in [6.07, 6.45) is 0. The summed E-state index contributed by atoms with van der Waals surface area (Å²) < 4.78 is 10.5. The zero-order chi connectivity index (χ0) is 16.2. The highest BCUT2D eigenvalue weighted by Gasteiger charge is 2.35. The fourth-order valence-electron chi connectivity index (χ4n) is 2.60. The van der Waals surface area contributed by atoms with E-state index in [2.05, 4.69) is 15.2 Å². The van der Waals surface area contributed by atoms with Crippen LogP contribution in [0.2, 0.25) is 0 Å². The van der Waals surface area contributed by atoms with Crippen LogP contribution >= 0.6 is 0 Å². The van der Waals surface area contributed by atoms with Crippen molar-refractivity contribution < 1.29 is 18.9 Å². The second kappa shape index (κ2) is 6.97. The zero-order valence-corrected chi connectivity index (χ0v) is 13.0. The molecule has 0 bridgehead atoms. The third-order valence-electron chi connectivity index (χ3n) is 3.71. The minimum atomic E-state index is -1.09. The van der Waals surface area contributed by atoms with Crippen molar-refractivity contribution >= 4 is 30.5 Å². The van der Waals surface area contributed by atoms with Gasteiger partial charge >= 0.3 is 19.1 Å². The molecule has 0 atom stereocenters. The summed E-state index contributed by atoms with van der Waals surface area (Å²) in [6, 6.07) is 5.42. The molecule has 0 aromatic carbocycles. The SMILES string of the molecule is CN1CC(=O)OB(c2cccc(N3CCNCC3)n2)OC(=O)C1. The minimum Gasteiger partial charge on any atom is -0.493 e. The zero-order valence-electron chi connectivity index (χ0n) is 13.0. The summed E-state index contributed by atoms with van der Waals surface area (Å²) in [4.78, 5) is 31.8. The molecule has 8 nitrogen and oxygen atoms in total. The molecule has 3 rings (SSSR count). The van der Waals surface area contributed by atoms with E-state index in [1.165, 1.54) is 0 Å². The second-order valence-electron chi connectivity index (χ2n) is 5.64. The topological polar surface area (TPSA) is 84.0 Å². The van der Waals surface area contributed by atoms with Gasteiger partial charge in [0.25, 0.3) is 0 Å². The Kier molecular flexibility index (Phi) is 4.77. The normalized spacial score (nSPS) is 20.6. The quantitative estimate of drug-likeness (QED) is 0.641. The van der Waals surface area contributed by atoms with Crippen LogP contribution < -0.4 is 15.8 Å². The van der Waals surface area contributed by atoms with Gasteiger partial charge in [-0.2, -0.15) is 0 Å². The first kappa shape index (κ1) is 15.8. The third kappa shape index (κ3) is 3.99. The van der Waals surface area contributed by atoms with Gasteiger partial charge in [0.05, 0.1) is 13.1 Å². The van der Waals surface area contributed by atoms with Crippen molar-refractivity contribution in [3.05, 3.63) is 18.2 Å². The Bertz CT molecular complexity index is 574. The molecule has 0 radical (unpaired) electrons. The van der Waals surface area contributed by atoms with Crippen molar-refractivity contribution in [2.45, 2.75) is 0 Å². The molecule has 1 N–H and O–H groups in total. The lowest BCUT2D eigenvalue weighted by atomic mass is 9.83. The minimum absolute atomic E-state index is 0.0447. The molecule has 0 amide bonds. The highest BCUT2D eigenvalue weighted by Crippen LogP contribution is 2.10. The standard InChI is InChI=1S/C14H19BN4O4/c1-18-9-13(20)22-15(23-14(21)10-18)11-3-2-4-12(17-11)19-7-5-16-6-8-19/h2-4,16H,5-10H2,1H3. The molecule has 2 saturated heterocycles. The van der Waals surface area contributed by atoms with Crippen molar-refractivity contribution in [2.75, 3.05) is 51.2 Å². The predicted octanol–water partition coefficient (Wildman–Crippen LogP) is -1.78. The number of hydrogen-bond acceptors (Lipinski definition) is 8. The van der Waals surface area contributed by atoms with Gasteiger partial charge in [0.2, 0.25) is 0 Å². The molecule has 0 aliphatic carbocycles. The van der Waals surface area contributed by atoms with Gasteiger partial charge in [-0.05, 0) is 19.2 Å². The smallest absolute Gasteiger partial charge is 0.493 e. The van der Waals surface area contributed by atoms with E-state index >= 15 is 0 Å². The number of nitrogens with zero attached hydrogens (tertiary/aromatic N) is 3. The molecule has 0 spiro atoms. The lowest BCUT2D eigenvalue weighted by molar-refractivity contribution is -0.145. The van der Waals surface area contributed by atoms with E-state index in [4.69, 9.17) is 9.31 Å². The van der Waals surface area contributed by atoms with Crippen LogP contribution in [-0.4, -0.2) is 75.3 Å². The van der Waals surface area contributed by atoms with E-state index in [1.807, 2.05) is 12.1 Å². The van der Waals surface area contributed by atoms with Crippen molar-refractivity contribution in [1.29, 1.82) is 0 Å². The number of rotatable bonds is 2. The number of carbonyl (C=O) groups is 2. The number of likely N-dealkylation sites (N-methyl/N-ethyl adjacent to an activating group) is 1. The molecule has 1 aromatic heterocycles. The molecule has 122 valence electrons. The summed E-state index contributed by atoms with van der Waals surface area (Å²) in [5.41, 5.74) is 0.423. The Hall–Kier alpha value is -2.13. The molecular weight excluding hydrogens is 299 g/mol. The Morgan fingerprint density at radius 3 is 2.43 bits per heavy atom. The molecule has 23 heavy (non-hydrogen) atoms. The molecule has 2 aliphatic heterocycles. The van der Waals surface area contributed by atoms with Gasteiger partial charge < -0.3 is 19.5 Å². The summed E-state index contributed by atoms with van der Waals surface area (Å²) in [5, 5.41) is 3.28. The van der Waals surface area contributed by atoms with Crippen LogP contribution in [-0.2, 0) is 18.9 Å². The van der Waals surface area contributed by atoms with Crippen LogP contribution in [0.1, 0.15) is 0 Å². The Labute approximate surface area is 134 Å². The average Bonchev–Trinajstić information content (AvgIpc) is 2.53. The van der Waals surface area contributed by atoms with E-state index < -0.39 is 19.1 Å². The van der Waals surface area contributed by atoms with Crippen molar-refractivity contribution in [2.24, 2.45) is 0 Å². The maximum atomic E-state index is 11.8. The average molecular weight is 318 g/mol. The lowest BCUT2D eigenvalue weighted by Crippen LogP contribution is -2.49. The highest BCUT2D eigenvalue weighted by molar-refractivity contribution is 6.63. The number of piperazine rings is 1. The van der Waals surface area contributed by atoms with Gasteiger partial charge in [-0.25, -0.2) is 4.98 Å². The van der Waals surface area contributed by atoms with Crippen molar-refractivity contribution in [1.82, 2.24) is 15.2 Å². The van der Waals surface area contributed by atoms with Crippen LogP contribution in [0.5, 0.6) is 0 Å². The van der Waals surface area contributed by atoms with E-state index in [9.17, 15) is 9.59 Å². The maximum Gasteiger partial charge on any atom is 0.656 e. The van der Waals surface area contributed by atoms with Gasteiger partial charge in [0.15, 0.2) is 0 Å². The van der Waals surface area contributed by atoms with Gasteiger partial charge in [0.1, 0.15) is 11.4 Å². The fourth-order valence-corrected chi connectivity index (χ4v) is 2.60. The van der Waals surface area contributed by atoms with Gasteiger partial charge in [-0.1, -0.05) is 6.07 Å². The van der Waals surface area contributed by atoms with E-state index in [0.717, 1.165) is 32.0 Å². The first-order chi connectivity index (χ1) is 11.1. The van der Waals surface area contributed by atoms with Crippen LogP contribution in [0, 0.1) is 0 Å². The van der Waals surface area contributed by atoms with Crippen molar-refractivity contribution in [3.63, 3.8) is 0 Å². The second-order valence-corrected chi connectivity index (χ2v) is 5.64. The molecule has 2 fully saturated rings. The van der Waals surface area contributed by atoms with Gasteiger partial charge in [-0.3, -0.25) is 14.5 Å². The van der Waals surface area contributed by atoms with Gasteiger partial charge in [0, 0.05) is 26.2 Å². The number of aromatic nitrogens is 1. The molecule has 0 unspecified atom stereocenters. The third-order valence-corrected chi connectivity index (χ3v) is 3.71. The number of nitrogens with one attached hydrogen (secondary N) is 1. The molecular formula is C14H19BN4O4. The summed E-state index contributed by atoms with van der Waals surface area (Å²) in [7, 11) is 0.568. The molecule has 2 aliphatic rings. The Morgan fingerprint density at radius 1 is 1.13 bits per heavy atom. The van der Waals surface area contributed by atoms with E-state index in [1.54, 1.807) is 18.0 Å². The number of pyridine rings is 1. The summed E-state index contributed by atoms with van der Waals surface area (Å²) >= 11 is 0. The molecule has 3 heterocycles. The number of anilines is 1. The van der Waals surface area contributed by atoms with Crippen LogP contribution in [0.25, 0.3) is 0 Å². The first-order valence-electron chi connectivity index (χ1n) is 7.62. The Balaban J connectivity index is 1.79.